The Morgan fingerprint density at radius 2 is 2.00 bits per heavy atom. The molecule has 4 heteroatoms. The van der Waals surface area contributed by atoms with Crippen LogP contribution in [0, 0.1) is 5.41 Å². The third-order valence-corrected chi connectivity index (χ3v) is 6.94. The first kappa shape index (κ1) is 13.7. The maximum absolute atomic E-state index is 13.4. The third-order valence-electron chi connectivity index (χ3n) is 6.94. The molecule has 3 fully saturated rings. The second-order valence-electron chi connectivity index (χ2n) is 7.68. The van der Waals surface area contributed by atoms with E-state index in [4.69, 9.17) is 0 Å². The molecule has 0 aromatic heterocycles. The van der Waals surface area contributed by atoms with E-state index in [1.54, 1.807) is 0 Å². The Balaban J connectivity index is 1.77. The van der Waals surface area contributed by atoms with Gasteiger partial charge in [0.2, 0.25) is 5.91 Å². The number of anilines is 1. The minimum Gasteiger partial charge on any atom is -0.297 e. The molecule has 0 saturated carbocycles. The van der Waals surface area contributed by atoms with E-state index in [1.807, 2.05) is 29.2 Å². The molecular weight excluding hydrogens is 288 g/mol. The van der Waals surface area contributed by atoms with E-state index < -0.39 is 5.54 Å². The second-order valence-corrected chi connectivity index (χ2v) is 7.68. The van der Waals surface area contributed by atoms with Crippen LogP contribution < -0.4 is 4.90 Å². The first-order chi connectivity index (χ1) is 11.1. The average molecular weight is 310 g/mol. The van der Waals surface area contributed by atoms with Crippen molar-refractivity contribution in [2.45, 2.75) is 50.6 Å². The molecule has 3 atom stereocenters. The van der Waals surface area contributed by atoms with Crippen LogP contribution in [0.3, 0.4) is 0 Å². The first-order valence-electron chi connectivity index (χ1n) is 8.85. The summed E-state index contributed by atoms with van der Waals surface area (Å²) in [5, 5.41) is 0. The summed E-state index contributed by atoms with van der Waals surface area (Å²) < 4.78 is 0. The Bertz CT molecular complexity index is 730. The summed E-state index contributed by atoms with van der Waals surface area (Å²) in [6.45, 7) is 4.21. The number of ketones is 1. The molecule has 5 rings (SSSR count). The molecule has 0 unspecified atom stereocenters. The number of hydrogen-bond donors (Lipinski definition) is 0. The number of benzene rings is 1. The zero-order valence-electron chi connectivity index (χ0n) is 13.5. The lowest BCUT2D eigenvalue weighted by molar-refractivity contribution is -0.130. The summed E-state index contributed by atoms with van der Waals surface area (Å²) >= 11 is 0. The lowest BCUT2D eigenvalue weighted by Gasteiger charge is -2.57. The van der Waals surface area contributed by atoms with Gasteiger partial charge in [0, 0.05) is 24.6 Å². The summed E-state index contributed by atoms with van der Waals surface area (Å²) in [7, 11) is 0. The van der Waals surface area contributed by atoms with Gasteiger partial charge in [-0.1, -0.05) is 19.1 Å². The molecule has 3 saturated heterocycles. The Morgan fingerprint density at radius 3 is 2.83 bits per heavy atom. The van der Waals surface area contributed by atoms with Crippen LogP contribution in [0.2, 0.25) is 0 Å². The van der Waals surface area contributed by atoms with Crippen molar-refractivity contribution in [2.75, 3.05) is 18.0 Å². The van der Waals surface area contributed by atoms with E-state index in [0.29, 0.717) is 6.42 Å². The van der Waals surface area contributed by atoms with Crippen LogP contribution in [-0.2, 0) is 4.79 Å². The molecule has 4 nitrogen and oxygen atoms in total. The summed E-state index contributed by atoms with van der Waals surface area (Å²) in [5.41, 5.74) is 0.954. The molecular formula is C19H22N2O2. The summed E-state index contributed by atoms with van der Waals surface area (Å²) in [6, 6.07) is 7.90. The fraction of sp³-hybridized carbons (Fsp3) is 0.579. The van der Waals surface area contributed by atoms with Crippen molar-refractivity contribution >= 4 is 17.4 Å². The summed E-state index contributed by atoms with van der Waals surface area (Å²) in [6.07, 6.45) is 4.59. The maximum Gasteiger partial charge on any atom is 0.228 e. The van der Waals surface area contributed by atoms with Crippen molar-refractivity contribution in [3.8, 4) is 0 Å². The molecule has 4 aliphatic heterocycles. The number of nitrogens with zero attached hydrogens (tertiary/aromatic N) is 2. The third kappa shape index (κ3) is 1.38. The number of hydrogen-bond acceptors (Lipinski definition) is 3. The van der Waals surface area contributed by atoms with Crippen LogP contribution in [0.5, 0.6) is 0 Å². The van der Waals surface area contributed by atoms with Gasteiger partial charge in [0.15, 0.2) is 5.78 Å². The SMILES string of the molecule is CC[C@]12CCCN3CC[C@]4(C(=O)c5ccccc5N4C(=O)C1)[C@@H]32. The van der Waals surface area contributed by atoms with E-state index in [-0.39, 0.29) is 23.1 Å². The van der Waals surface area contributed by atoms with E-state index >= 15 is 0 Å². The quantitative estimate of drug-likeness (QED) is 0.800. The Hall–Kier alpha value is -1.68. The largest absolute Gasteiger partial charge is 0.297 e. The average Bonchev–Trinajstić information content (AvgIpc) is 3.08. The topological polar surface area (TPSA) is 40.6 Å². The van der Waals surface area contributed by atoms with Crippen molar-refractivity contribution in [3.63, 3.8) is 0 Å². The van der Waals surface area contributed by atoms with Crippen molar-refractivity contribution in [1.29, 1.82) is 0 Å². The van der Waals surface area contributed by atoms with Crippen LogP contribution in [0.1, 0.15) is 49.4 Å². The van der Waals surface area contributed by atoms with Gasteiger partial charge >= 0.3 is 0 Å². The molecule has 0 aliphatic carbocycles. The fourth-order valence-electron chi connectivity index (χ4n) is 6.09. The number of carbonyl (C=O) groups excluding carboxylic acids is 2. The number of piperidine rings is 2. The molecule has 1 spiro atoms. The Morgan fingerprint density at radius 1 is 1.17 bits per heavy atom. The highest BCUT2D eigenvalue weighted by Crippen LogP contribution is 2.60. The summed E-state index contributed by atoms with van der Waals surface area (Å²) in [5.74, 6) is 0.346. The van der Waals surface area contributed by atoms with Gasteiger partial charge in [-0.05, 0) is 49.8 Å². The lowest BCUT2D eigenvalue weighted by Crippen LogP contribution is -2.71. The summed E-state index contributed by atoms with van der Waals surface area (Å²) in [4.78, 5) is 31.0. The van der Waals surface area contributed by atoms with Gasteiger partial charge in [-0.15, -0.1) is 0 Å². The van der Waals surface area contributed by atoms with Gasteiger partial charge in [0.25, 0.3) is 0 Å². The molecule has 4 aliphatic rings. The molecule has 1 amide bonds. The van der Waals surface area contributed by atoms with Crippen molar-refractivity contribution in [1.82, 2.24) is 4.90 Å². The highest BCUT2D eigenvalue weighted by atomic mass is 16.2. The van der Waals surface area contributed by atoms with E-state index in [0.717, 1.165) is 50.0 Å². The van der Waals surface area contributed by atoms with Crippen molar-refractivity contribution in [3.05, 3.63) is 29.8 Å². The second kappa shape index (κ2) is 4.23. The number of fused-ring (bicyclic) bond motifs is 2. The molecule has 0 N–H and O–H groups in total. The van der Waals surface area contributed by atoms with Crippen LogP contribution in [-0.4, -0.2) is 41.3 Å². The minimum atomic E-state index is -0.630. The molecule has 23 heavy (non-hydrogen) atoms. The molecule has 1 aromatic carbocycles. The number of rotatable bonds is 1. The standard InChI is InChI=1S/C19H22N2O2/c1-2-18-8-5-10-20-11-9-19(17(18)20)16(23)13-6-3-4-7-14(13)21(19)15(22)12-18/h3-4,6-7,17H,2,5,8-12H2,1H3/t17-,18-,19-/m0/s1. The Labute approximate surface area is 136 Å². The highest BCUT2D eigenvalue weighted by molar-refractivity contribution is 6.22. The van der Waals surface area contributed by atoms with Gasteiger partial charge in [-0.3, -0.25) is 19.4 Å². The number of amides is 1. The number of carbonyl (C=O) groups is 2. The van der Waals surface area contributed by atoms with E-state index in [1.165, 1.54) is 0 Å². The predicted molar refractivity (Wildman–Crippen MR) is 87.5 cm³/mol. The van der Waals surface area contributed by atoms with E-state index in [9.17, 15) is 9.59 Å². The smallest absolute Gasteiger partial charge is 0.228 e. The first-order valence-corrected chi connectivity index (χ1v) is 8.85. The van der Waals surface area contributed by atoms with Gasteiger partial charge in [0.05, 0.1) is 5.69 Å². The normalized spacial score (nSPS) is 38.5. The predicted octanol–water partition coefficient (Wildman–Crippen LogP) is 2.62. The molecule has 1 aromatic rings. The Kier molecular flexibility index (Phi) is 2.53. The zero-order valence-corrected chi connectivity index (χ0v) is 13.5. The van der Waals surface area contributed by atoms with E-state index in [2.05, 4.69) is 11.8 Å². The molecule has 4 heterocycles. The number of Topliss-reactive ketones (excluding diaryl/α,β-unsaturated/α-hetero) is 1. The monoisotopic (exact) mass is 310 g/mol. The molecule has 0 radical (unpaired) electrons. The van der Waals surface area contributed by atoms with Gasteiger partial charge in [0.1, 0.15) is 5.54 Å². The van der Waals surface area contributed by atoms with Crippen LogP contribution >= 0.6 is 0 Å². The molecule has 120 valence electrons. The fourth-order valence-corrected chi connectivity index (χ4v) is 6.09. The van der Waals surface area contributed by atoms with Gasteiger partial charge < -0.3 is 0 Å². The van der Waals surface area contributed by atoms with Crippen molar-refractivity contribution in [2.24, 2.45) is 5.41 Å². The zero-order chi connectivity index (χ0) is 15.8. The van der Waals surface area contributed by atoms with Gasteiger partial charge in [-0.25, -0.2) is 0 Å². The maximum atomic E-state index is 13.4. The highest BCUT2D eigenvalue weighted by Gasteiger charge is 2.70. The van der Waals surface area contributed by atoms with Crippen molar-refractivity contribution < 1.29 is 9.59 Å². The van der Waals surface area contributed by atoms with Crippen LogP contribution in [0.15, 0.2) is 24.3 Å². The van der Waals surface area contributed by atoms with Crippen LogP contribution in [0.25, 0.3) is 0 Å². The minimum absolute atomic E-state index is 0.0139. The molecule has 0 bridgehead atoms. The van der Waals surface area contributed by atoms with Crippen LogP contribution in [0.4, 0.5) is 5.69 Å². The van der Waals surface area contributed by atoms with Gasteiger partial charge in [-0.2, -0.15) is 0 Å². The number of para-hydroxylation sites is 1. The lowest BCUT2D eigenvalue weighted by atomic mass is 9.60.